The molecule has 1 heterocycles. The predicted octanol–water partition coefficient (Wildman–Crippen LogP) is 3.77. The highest BCUT2D eigenvalue weighted by molar-refractivity contribution is 6.28. The minimum Gasteiger partial charge on any atom is -0.363 e. The number of hydrogen-bond donors (Lipinski definition) is 1. The minimum atomic E-state index is -2.25. The Balaban J connectivity index is 1.82. The van der Waals surface area contributed by atoms with Gasteiger partial charge >= 0.3 is 0 Å². The molecule has 0 atom stereocenters. The van der Waals surface area contributed by atoms with Crippen LogP contribution in [0, 0.1) is 16.7 Å². The highest BCUT2D eigenvalue weighted by Crippen LogP contribution is 2.56. The summed E-state index contributed by atoms with van der Waals surface area (Å²) in [7, 11) is 0. The molecule has 7 heteroatoms. The van der Waals surface area contributed by atoms with Gasteiger partial charge < -0.3 is 5.32 Å². The number of aromatic nitrogens is 2. The fourth-order valence-electron chi connectivity index (χ4n) is 3.52. The van der Waals surface area contributed by atoms with Crippen molar-refractivity contribution in [1.29, 1.82) is 5.26 Å². The van der Waals surface area contributed by atoms with E-state index in [1.807, 2.05) is 6.07 Å². The van der Waals surface area contributed by atoms with E-state index in [0.717, 1.165) is 0 Å². The molecule has 0 aliphatic heterocycles. The molecule has 4 nitrogen and oxygen atoms in total. The van der Waals surface area contributed by atoms with Crippen LogP contribution in [0.2, 0.25) is 5.28 Å². The van der Waals surface area contributed by atoms with Crippen molar-refractivity contribution in [2.24, 2.45) is 5.41 Å². The molecule has 3 aliphatic rings. The van der Waals surface area contributed by atoms with Crippen LogP contribution in [0.25, 0.3) is 0 Å². The van der Waals surface area contributed by atoms with Crippen molar-refractivity contribution in [2.75, 3.05) is 5.32 Å². The van der Waals surface area contributed by atoms with Gasteiger partial charge in [-0.25, -0.2) is 13.8 Å². The lowest BCUT2D eigenvalue weighted by molar-refractivity contribution is -0.0780. The lowest BCUT2D eigenvalue weighted by Crippen LogP contribution is -2.53. The Bertz CT molecular complexity index is 575. The van der Waals surface area contributed by atoms with Gasteiger partial charge in [0.1, 0.15) is 17.5 Å². The molecule has 3 fully saturated rings. The molecule has 0 radical (unpaired) electrons. The third kappa shape index (κ3) is 2.44. The second-order valence-corrected chi connectivity index (χ2v) is 6.42. The first-order chi connectivity index (χ1) is 9.99. The second kappa shape index (κ2) is 5.06. The largest absolute Gasteiger partial charge is 0.363 e. The molecule has 0 saturated heterocycles. The normalized spacial score (nSPS) is 31.2. The number of anilines is 1. The van der Waals surface area contributed by atoms with E-state index in [0.29, 0.717) is 49.9 Å². The van der Waals surface area contributed by atoms with E-state index >= 15 is 0 Å². The van der Waals surface area contributed by atoms with E-state index in [2.05, 4.69) is 15.3 Å². The number of fused-ring (bicyclic) bond motifs is 3. The molecule has 0 amide bonds. The predicted molar refractivity (Wildman–Crippen MR) is 74.2 cm³/mol. The zero-order valence-corrected chi connectivity index (χ0v) is 12.1. The molecule has 0 aromatic carbocycles. The lowest BCUT2D eigenvalue weighted by Gasteiger charge is -2.53. The average Bonchev–Trinajstić information content (AvgIpc) is 2.49. The van der Waals surface area contributed by atoms with E-state index in [9.17, 15) is 8.78 Å². The van der Waals surface area contributed by atoms with Crippen LogP contribution in [-0.4, -0.2) is 21.9 Å². The Hall–Kier alpha value is -1.48. The van der Waals surface area contributed by atoms with Crippen LogP contribution < -0.4 is 5.32 Å². The van der Waals surface area contributed by atoms with Crippen molar-refractivity contribution in [1.82, 2.24) is 9.97 Å². The summed E-state index contributed by atoms with van der Waals surface area (Å²) in [5.41, 5.74) is -0.727. The van der Waals surface area contributed by atoms with Crippen LogP contribution in [0.1, 0.15) is 44.1 Å². The van der Waals surface area contributed by atoms with Gasteiger partial charge in [-0.1, -0.05) is 0 Å². The Morgan fingerprint density at radius 2 is 1.86 bits per heavy atom. The number of rotatable bonds is 3. The molecule has 112 valence electrons. The summed E-state index contributed by atoms with van der Waals surface area (Å²) in [5.74, 6) is 0.406. The van der Waals surface area contributed by atoms with Crippen molar-refractivity contribution >= 4 is 17.4 Å². The van der Waals surface area contributed by atoms with Gasteiger partial charge in [-0.15, -0.1) is 0 Å². The average molecular weight is 313 g/mol. The Kier molecular flexibility index (Phi) is 3.48. The molecule has 0 unspecified atom stereocenters. The van der Waals surface area contributed by atoms with Gasteiger partial charge in [0.2, 0.25) is 11.7 Å². The molecule has 21 heavy (non-hydrogen) atoms. The molecular weight excluding hydrogens is 298 g/mol. The number of hydrogen-bond acceptors (Lipinski definition) is 4. The zero-order valence-electron chi connectivity index (χ0n) is 11.4. The van der Waals surface area contributed by atoms with Crippen molar-refractivity contribution in [3.63, 3.8) is 0 Å². The highest BCUT2D eigenvalue weighted by atomic mass is 35.5. The van der Waals surface area contributed by atoms with Crippen LogP contribution >= 0.6 is 11.6 Å². The number of nitriles is 1. The summed E-state index contributed by atoms with van der Waals surface area (Å²) in [5, 5.41) is 12.5. The standard InChI is InChI=1S/C14H15ClF2N4/c15-12-19-8-9(7-18)10(20-12)21-14-4-1-13(2-5-14,3-6-14)11(16)17/h8,11H,1-6H2,(H,19,20,21). The third-order valence-corrected chi connectivity index (χ3v) is 5.21. The fourth-order valence-corrected chi connectivity index (χ4v) is 3.65. The van der Waals surface area contributed by atoms with E-state index in [1.54, 1.807) is 0 Å². The maximum absolute atomic E-state index is 13.2. The molecule has 1 aromatic heterocycles. The Morgan fingerprint density at radius 1 is 1.24 bits per heavy atom. The van der Waals surface area contributed by atoms with E-state index in [4.69, 9.17) is 16.9 Å². The maximum Gasteiger partial charge on any atom is 0.244 e. The topological polar surface area (TPSA) is 61.6 Å². The van der Waals surface area contributed by atoms with Gasteiger partial charge in [-0.3, -0.25) is 0 Å². The summed E-state index contributed by atoms with van der Waals surface area (Å²) in [6.07, 6.45) is 2.68. The smallest absolute Gasteiger partial charge is 0.244 e. The lowest BCUT2D eigenvalue weighted by atomic mass is 9.57. The van der Waals surface area contributed by atoms with Crippen molar-refractivity contribution in [3.8, 4) is 6.07 Å². The summed E-state index contributed by atoms with van der Waals surface area (Å²) < 4.78 is 26.4. The summed E-state index contributed by atoms with van der Waals surface area (Å²) in [6.45, 7) is 0. The second-order valence-electron chi connectivity index (χ2n) is 6.08. The Labute approximate surface area is 126 Å². The quantitative estimate of drug-likeness (QED) is 0.863. The van der Waals surface area contributed by atoms with E-state index in [1.165, 1.54) is 6.20 Å². The Morgan fingerprint density at radius 3 is 2.38 bits per heavy atom. The molecular formula is C14H15ClF2N4. The van der Waals surface area contributed by atoms with E-state index in [-0.39, 0.29) is 10.8 Å². The summed E-state index contributed by atoms with van der Waals surface area (Å²) >= 11 is 5.78. The molecule has 0 spiro atoms. The number of halogens is 3. The fraction of sp³-hybridized carbons (Fsp3) is 0.643. The van der Waals surface area contributed by atoms with Crippen molar-refractivity contribution < 1.29 is 8.78 Å². The van der Waals surface area contributed by atoms with Crippen LogP contribution in [0.4, 0.5) is 14.6 Å². The molecule has 1 aromatic rings. The SMILES string of the molecule is N#Cc1cnc(Cl)nc1NC12CCC(C(F)F)(CC1)CC2. The first kappa shape index (κ1) is 14.5. The molecule has 3 saturated carbocycles. The summed E-state index contributed by atoms with van der Waals surface area (Å²) in [4.78, 5) is 7.86. The van der Waals surface area contributed by atoms with Gasteiger partial charge in [-0.05, 0) is 50.1 Å². The molecule has 4 rings (SSSR count). The van der Waals surface area contributed by atoms with Crippen LogP contribution in [0.15, 0.2) is 6.20 Å². The molecule has 1 N–H and O–H groups in total. The van der Waals surface area contributed by atoms with Gasteiger partial charge in [-0.2, -0.15) is 10.2 Å². The number of alkyl halides is 2. The third-order valence-electron chi connectivity index (χ3n) is 5.03. The maximum atomic E-state index is 13.2. The van der Waals surface area contributed by atoms with E-state index < -0.39 is 11.8 Å². The first-order valence-electron chi connectivity index (χ1n) is 6.98. The van der Waals surface area contributed by atoms with Crippen molar-refractivity contribution in [2.45, 2.75) is 50.5 Å². The van der Waals surface area contributed by atoms with Crippen molar-refractivity contribution in [3.05, 3.63) is 17.0 Å². The first-order valence-corrected chi connectivity index (χ1v) is 7.35. The highest BCUT2D eigenvalue weighted by Gasteiger charge is 2.53. The van der Waals surface area contributed by atoms with Gasteiger partial charge in [0.05, 0.1) is 6.20 Å². The van der Waals surface area contributed by atoms with Gasteiger partial charge in [0.15, 0.2) is 0 Å². The number of nitrogens with zero attached hydrogens (tertiary/aromatic N) is 3. The van der Waals surface area contributed by atoms with Crippen LogP contribution in [-0.2, 0) is 0 Å². The molecule has 2 bridgehead atoms. The number of nitrogens with one attached hydrogen (secondary N) is 1. The molecule has 3 aliphatic carbocycles. The van der Waals surface area contributed by atoms with Crippen LogP contribution in [0.3, 0.4) is 0 Å². The minimum absolute atomic E-state index is 0.0708. The summed E-state index contributed by atoms with van der Waals surface area (Å²) in [6, 6.07) is 2.03. The van der Waals surface area contributed by atoms with Gasteiger partial charge in [0, 0.05) is 11.0 Å². The monoisotopic (exact) mass is 312 g/mol. The zero-order chi connectivity index (χ0) is 15.1. The van der Waals surface area contributed by atoms with Crippen LogP contribution in [0.5, 0.6) is 0 Å². The van der Waals surface area contributed by atoms with Gasteiger partial charge in [0.25, 0.3) is 0 Å².